The van der Waals surface area contributed by atoms with Gasteiger partial charge in [0.25, 0.3) is 5.91 Å². The van der Waals surface area contributed by atoms with E-state index in [-0.39, 0.29) is 5.91 Å². The predicted molar refractivity (Wildman–Crippen MR) is 116 cm³/mol. The third-order valence-electron chi connectivity index (χ3n) is 4.93. The molecular weight excluding hydrogens is 402 g/mol. The van der Waals surface area contributed by atoms with E-state index in [0.717, 1.165) is 17.0 Å². The fourth-order valence-electron chi connectivity index (χ4n) is 3.34. The van der Waals surface area contributed by atoms with Gasteiger partial charge in [-0.1, -0.05) is 11.6 Å². The topological polar surface area (TPSA) is 71.5 Å². The number of anilines is 1. The lowest BCUT2D eigenvalue weighted by atomic mass is 10.1. The molecule has 3 aromatic rings. The molecule has 0 N–H and O–H groups in total. The van der Waals surface area contributed by atoms with Gasteiger partial charge in [-0.05, 0) is 49.4 Å². The van der Waals surface area contributed by atoms with E-state index in [2.05, 4.69) is 14.9 Å². The molecule has 7 nitrogen and oxygen atoms in total. The number of carbonyl (C=O) groups is 1. The number of nitrogens with zero attached hydrogens (tertiary/aromatic N) is 5. The molecule has 1 aliphatic rings. The van der Waals surface area contributed by atoms with Crippen LogP contribution in [-0.2, 0) is 0 Å². The van der Waals surface area contributed by atoms with Crippen molar-refractivity contribution in [2.24, 2.45) is 0 Å². The molecule has 2 aromatic heterocycles. The fraction of sp³-hybridized carbons (Fsp3) is 0.273. The Bertz CT molecular complexity index is 1000. The summed E-state index contributed by atoms with van der Waals surface area (Å²) in [5.74, 6) is 1.47. The number of benzene rings is 1. The second-order valence-electron chi connectivity index (χ2n) is 6.85. The van der Waals surface area contributed by atoms with E-state index in [4.69, 9.17) is 21.3 Å². The maximum absolute atomic E-state index is 12.7. The zero-order valence-corrected chi connectivity index (χ0v) is 17.4. The molecule has 1 saturated heterocycles. The normalized spacial score (nSPS) is 13.9. The van der Waals surface area contributed by atoms with E-state index in [9.17, 15) is 4.79 Å². The SMILES string of the molecule is CCOc1ccc(-c2ccnc(N3CCN(C(=O)c4ccc(Cl)nc4)CC3)n2)cc1. The highest BCUT2D eigenvalue weighted by Gasteiger charge is 2.24. The monoisotopic (exact) mass is 423 g/mol. The highest BCUT2D eigenvalue weighted by molar-refractivity contribution is 6.29. The predicted octanol–water partition coefficient (Wildman–Crippen LogP) is 3.55. The number of carbonyl (C=O) groups excluding carboxylic acids is 1. The van der Waals surface area contributed by atoms with Crippen LogP contribution >= 0.6 is 11.6 Å². The number of aromatic nitrogens is 3. The van der Waals surface area contributed by atoms with Gasteiger partial charge in [0.1, 0.15) is 10.9 Å². The molecule has 0 saturated carbocycles. The van der Waals surface area contributed by atoms with Crippen molar-refractivity contribution in [3.05, 3.63) is 65.6 Å². The number of ether oxygens (including phenoxy) is 1. The van der Waals surface area contributed by atoms with Crippen molar-refractivity contribution in [3.8, 4) is 17.0 Å². The third kappa shape index (κ3) is 4.52. The molecule has 3 heterocycles. The molecule has 30 heavy (non-hydrogen) atoms. The highest BCUT2D eigenvalue weighted by Crippen LogP contribution is 2.23. The Balaban J connectivity index is 1.42. The van der Waals surface area contributed by atoms with Crippen LogP contribution in [0.4, 0.5) is 5.95 Å². The summed E-state index contributed by atoms with van der Waals surface area (Å²) >= 11 is 5.81. The van der Waals surface area contributed by atoms with Gasteiger partial charge in [-0.25, -0.2) is 15.0 Å². The Morgan fingerprint density at radius 3 is 2.47 bits per heavy atom. The van der Waals surface area contributed by atoms with Crippen LogP contribution in [-0.4, -0.2) is 58.5 Å². The number of hydrogen-bond acceptors (Lipinski definition) is 6. The molecule has 8 heteroatoms. The van der Waals surface area contributed by atoms with Gasteiger partial charge in [-0.2, -0.15) is 0 Å². The van der Waals surface area contributed by atoms with E-state index >= 15 is 0 Å². The van der Waals surface area contributed by atoms with Crippen LogP contribution in [0.5, 0.6) is 5.75 Å². The van der Waals surface area contributed by atoms with Gasteiger partial charge >= 0.3 is 0 Å². The highest BCUT2D eigenvalue weighted by atomic mass is 35.5. The van der Waals surface area contributed by atoms with Crippen molar-refractivity contribution in [2.45, 2.75) is 6.92 Å². The average Bonchev–Trinajstić information content (AvgIpc) is 2.80. The third-order valence-corrected chi connectivity index (χ3v) is 5.15. The summed E-state index contributed by atoms with van der Waals surface area (Å²) < 4.78 is 5.50. The molecular formula is C22H22ClN5O2. The summed E-state index contributed by atoms with van der Waals surface area (Å²) in [5.41, 5.74) is 2.40. The molecule has 1 aromatic carbocycles. The molecule has 1 fully saturated rings. The molecule has 0 bridgehead atoms. The standard InChI is InChI=1S/C22H22ClN5O2/c1-2-30-18-6-3-16(4-7-18)19-9-10-24-22(26-19)28-13-11-27(12-14-28)21(29)17-5-8-20(23)25-15-17/h3-10,15H,2,11-14H2,1H3. The Morgan fingerprint density at radius 1 is 1.03 bits per heavy atom. The van der Waals surface area contributed by atoms with Crippen molar-refractivity contribution in [1.29, 1.82) is 0 Å². The minimum atomic E-state index is -0.0390. The molecule has 0 unspecified atom stereocenters. The van der Waals surface area contributed by atoms with Crippen LogP contribution in [0, 0.1) is 0 Å². The van der Waals surface area contributed by atoms with Gasteiger partial charge in [-0.15, -0.1) is 0 Å². The first-order chi connectivity index (χ1) is 14.6. The average molecular weight is 424 g/mol. The molecule has 0 radical (unpaired) electrons. The zero-order chi connectivity index (χ0) is 20.9. The fourth-order valence-corrected chi connectivity index (χ4v) is 3.46. The second kappa shape index (κ2) is 9.09. The summed E-state index contributed by atoms with van der Waals surface area (Å²) in [7, 11) is 0. The lowest BCUT2D eigenvalue weighted by Gasteiger charge is -2.34. The minimum absolute atomic E-state index is 0.0390. The molecule has 1 amide bonds. The van der Waals surface area contributed by atoms with Crippen LogP contribution in [0.15, 0.2) is 54.9 Å². The number of rotatable bonds is 5. The van der Waals surface area contributed by atoms with E-state index < -0.39 is 0 Å². The van der Waals surface area contributed by atoms with Crippen LogP contribution in [0.3, 0.4) is 0 Å². The smallest absolute Gasteiger partial charge is 0.255 e. The maximum Gasteiger partial charge on any atom is 0.255 e. The number of piperazine rings is 1. The molecule has 1 aliphatic heterocycles. The number of pyridine rings is 1. The molecule has 0 spiro atoms. The van der Waals surface area contributed by atoms with Gasteiger partial charge in [0.05, 0.1) is 17.9 Å². The first-order valence-electron chi connectivity index (χ1n) is 9.86. The Kier molecular flexibility index (Phi) is 6.09. The quantitative estimate of drug-likeness (QED) is 0.584. The van der Waals surface area contributed by atoms with Crippen LogP contribution in [0.25, 0.3) is 11.3 Å². The largest absolute Gasteiger partial charge is 0.494 e. The summed E-state index contributed by atoms with van der Waals surface area (Å²) in [4.78, 5) is 29.7. The first-order valence-corrected chi connectivity index (χ1v) is 10.2. The van der Waals surface area contributed by atoms with Crippen molar-refractivity contribution in [1.82, 2.24) is 19.9 Å². The van der Waals surface area contributed by atoms with E-state index in [1.165, 1.54) is 6.20 Å². The number of hydrogen-bond donors (Lipinski definition) is 0. The van der Waals surface area contributed by atoms with Crippen molar-refractivity contribution >= 4 is 23.5 Å². The van der Waals surface area contributed by atoms with Crippen molar-refractivity contribution < 1.29 is 9.53 Å². The maximum atomic E-state index is 12.7. The Labute approximate surface area is 180 Å². The van der Waals surface area contributed by atoms with Gasteiger partial charge in [-0.3, -0.25) is 4.79 Å². The van der Waals surface area contributed by atoms with Gasteiger partial charge in [0, 0.05) is 44.1 Å². The lowest BCUT2D eigenvalue weighted by molar-refractivity contribution is 0.0746. The summed E-state index contributed by atoms with van der Waals surface area (Å²) in [6, 6.07) is 13.1. The van der Waals surface area contributed by atoms with E-state index in [1.54, 1.807) is 18.3 Å². The van der Waals surface area contributed by atoms with E-state index in [0.29, 0.717) is 49.5 Å². The number of amides is 1. The lowest BCUT2D eigenvalue weighted by Crippen LogP contribution is -2.49. The van der Waals surface area contributed by atoms with Gasteiger partial charge < -0.3 is 14.5 Å². The molecule has 0 aliphatic carbocycles. The summed E-state index contributed by atoms with van der Waals surface area (Å²) in [6.07, 6.45) is 3.28. The molecule has 4 rings (SSSR count). The summed E-state index contributed by atoms with van der Waals surface area (Å²) in [5, 5.41) is 0.376. The summed E-state index contributed by atoms with van der Waals surface area (Å²) in [6.45, 7) is 5.12. The first kappa shape index (κ1) is 20.1. The van der Waals surface area contributed by atoms with Crippen molar-refractivity contribution in [2.75, 3.05) is 37.7 Å². The zero-order valence-electron chi connectivity index (χ0n) is 16.7. The molecule has 0 atom stereocenters. The number of halogens is 1. The van der Waals surface area contributed by atoms with E-state index in [1.807, 2.05) is 42.2 Å². The van der Waals surface area contributed by atoms with Crippen LogP contribution < -0.4 is 9.64 Å². The molecule has 154 valence electrons. The van der Waals surface area contributed by atoms with Crippen LogP contribution in [0.2, 0.25) is 5.15 Å². The second-order valence-corrected chi connectivity index (χ2v) is 7.24. The van der Waals surface area contributed by atoms with Gasteiger partial charge in [0.15, 0.2) is 0 Å². The van der Waals surface area contributed by atoms with Crippen LogP contribution in [0.1, 0.15) is 17.3 Å². The Morgan fingerprint density at radius 2 is 1.80 bits per heavy atom. The van der Waals surface area contributed by atoms with Crippen molar-refractivity contribution in [3.63, 3.8) is 0 Å². The Hall–Kier alpha value is -3.19. The minimum Gasteiger partial charge on any atom is -0.494 e. The van der Waals surface area contributed by atoms with Gasteiger partial charge in [0.2, 0.25) is 5.95 Å².